The first-order valence-electron chi connectivity index (χ1n) is 5.03. The van der Waals surface area contributed by atoms with E-state index in [9.17, 15) is 5.11 Å². The molecule has 80 valence electrons. The maximum atomic E-state index is 9.36. The van der Waals surface area contributed by atoms with Crippen LogP contribution in [0.25, 0.3) is 20.2 Å². The van der Waals surface area contributed by atoms with Gasteiger partial charge in [0.25, 0.3) is 0 Å². The molecular weight excluding hydrogens is 236 g/mol. The molecule has 0 atom stereocenters. The first-order chi connectivity index (χ1) is 7.79. The lowest BCUT2D eigenvalue weighted by Gasteiger charge is -1.99. The Hall–Kier alpha value is -1.03. The van der Waals surface area contributed by atoms with E-state index in [1.54, 1.807) is 11.3 Å². The molecule has 16 heavy (non-hydrogen) atoms. The lowest BCUT2D eigenvalue weighted by atomic mass is 10.1. The van der Waals surface area contributed by atoms with Crippen molar-refractivity contribution in [2.24, 2.45) is 0 Å². The molecular formula is C13H10OS2. The van der Waals surface area contributed by atoms with Gasteiger partial charge in [-0.3, -0.25) is 0 Å². The number of hydrogen-bond donors (Lipinski definition) is 2. The summed E-state index contributed by atoms with van der Waals surface area (Å²) in [4.78, 5) is 0.976. The Balaban J connectivity index is 2.52. The number of rotatable bonds is 1. The first-order valence-corrected chi connectivity index (χ1v) is 6.30. The van der Waals surface area contributed by atoms with Gasteiger partial charge >= 0.3 is 0 Å². The van der Waals surface area contributed by atoms with Gasteiger partial charge < -0.3 is 5.11 Å². The number of aliphatic hydroxyl groups excluding tert-OH is 1. The summed E-state index contributed by atoms with van der Waals surface area (Å²) in [5.74, 6) is 0. The van der Waals surface area contributed by atoms with Gasteiger partial charge in [-0.2, -0.15) is 0 Å². The van der Waals surface area contributed by atoms with E-state index in [4.69, 9.17) is 0 Å². The number of thiol groups is 1. The fourth-order valence-electron chi connectivity index (χ4n) is 2.02. The summed E-state index contributed by atoms with van der Waals surface area (Å²) in [5.41, 5.74) is 0.996. The molecule has 1 nitrogen and oxygen atoms in total. The van der Waals surface area contributed by atoms with Crippen molar-refractivity contribution in [1.29, 1.82) is 0 Å². The SMILES string of the molecule is OCc1cccc2sc3cc(S)ccc3c12. The second kappa shape index (κ2) is 3.77. The Bertz CT molecular complexity index is 670. The van der Waals surface area contributed by atoms with Gasteiger partial charge in [0, 0.05) is 25.1 Å². The van der Waals surface area contributed by atoms with Gasteiger partial charge in [-0.25, -0.2) is 0 Å². The van der Waals surface area contributed by atoms with Crippen LogP contribution in [0, 0.1) is 0 Å². The fraction of sp³-hybridized carbons (Fsp3) is 0.0769. The second-order valence-electron chi connectivity index (χ2n) is 3.73. The van der Waals surface area contributed by atoms with E-state index in [2.05, 4.69) is 30.8 Å². The molecule has 0 aliphatic heterocycles. The molecule has 3 heteroatoms. The van der Waals surface area contributed by atoms with Crippen LogP contribution >= 0.6 is 24.0 Å². The normalized spacial score (nSPS) is 11.4. The van der Waals surface area contributed by atoms with Gasteiger partial charge in [0.2, 0.25) is 0 Å². The van der Waals surface area contributed by atoms with Crippen LogP contribution in [0.2, 0.25) is 0 Å². The topological polar surface area (TPSA) is 20.2 Å². The maximum Gasteiger partial charge on any atom is 0.0688 e. The lowest BCUT2D eigenvalue weighted by molar-refractivity contribution is 0.283. The summed E-state index contributed by atoms with van der Waals surface area (Å²) >= 11 is 6.09. The molecule has 2 aromatic carbocycles. The summed E-state index contributed by atoms with van der Waals surface area (Å²) in [6.45, 7) is 0.0891. The van der Waals surface area contributed by atoms with Crippen LogP contribution in [0.5, 0.6) is 0 Å². The fourth-order valence-corrected chi connectivity index (χ4v) is 3.50. The van der Waals surface area contributed by atoms with Crippen molar-refractivity contribution in [3.8, 4) is 0 Å². The largest absolute Gasteiger partial charge is 0.392 e. The van der Waals surface area contributed by atoms with Crippen LogP contribution < -0.4 is 0 Å². The minimum Gasteiger partial charge on any atom is -0.392 e. The smallest absolute Gasteiger partial charge is 0.0688 e. The highest BCUT2D eigenvalue weighted by atomic mass is 32.1. The Morgan fingerprint density at radius 3 is 2.81 bits per heavy atom. The molecule has 0 amide bonds. The molecule has 0 saturated heterocycles. The third-order valence-corrected chi connectivity index (χ3v) is 4.13. The Labute approximate surface area is 103 Å². The predicted octanol–water partition coefficient (Wildman–Crippen LogP) is 3.84. The zero-order chi connectivity index (χ0) is 11.1. The lowest BCUT2D eigenvalue weighted by Crippen LogP contribution is -1.82. The quantitative estimate of drug-likeness (QED) is 0.625. The van der Waals surface area contributed by atoms with E-state index >= 15 is 0 Å². The van der Waals surface area contributed by atoms with Crippen LogP contribution in [-0.4, -0.2) is 5.11 Å². The van der Waals surface area contributed by atoms with Gasteiger partial charge in [0.05, 0.1) is 6.61 Å². The highest BCUT2D eigenvalue weighted by Gasteiger charge is 2.08. The van der Waals surface area contributed by atoms with Gasteiger partial charge in [0.15, 0.2) is 0 Å². The third kappa shape index (κ3) is 1.44. The average Bonchev–Trinajstić information content (AvgIpc) is 2.65. The minimum atomic E-state index is 0.0891. The Morgan fingerprint density at radius 1 is 1.12 bits per heavy atom. The highest BCUT2D eigenvalue weighted by Crippen LogP contribution is 2.36. The molecule has 0 unspecified atom stereocenters. The second-order valence-corrected chi connectivity index (χ2v) is 5.33. The van der Waals surface area contributed by atoms with E-state index in [0.29, 0.717) is 0 Å². The molecule has 3 aromatic rings. The number of hydrogen-bond acceptors (Lipinski definition) is 3. The number of fused-ring (bicyclic) bond motifs is 3. The zero-order valence-electron chi connectivity index (χ0n) is 8.47. The van der Waals surface area contributed by atoms with Crippen molar-refractivity contribution in [2.75, 3.05) is 0 Å². The molecule has 1 heterocycles. The Morgan fingerprint density at radius 2 is 2.00 bits per heavy atom. The molecule has 0 spiro atoms. The molecule has 0 aliphatic carbocycles. The zero-order valence-corrected chi connectivity index (χ0v) is 10.2. The van der Waals surface area contributed by atoms with Crippen molar-refractivity contribution < 1.29 is 5.11 Å². The molecule has 3 rings (SSSR count). The van der Waals surface area contributed by atoms with Gasteiger partial charge in [-0.15, -0.1) is 24.0 Å². The standard InChI is InChI=1S/C13H10OS2/c14-7-8-2-1-3-11-13(8)10-5-4-9(15)6-12(10)16-11/h1-6,14-15H,7H2. The summed E-state index contributed by atoms with van der Waals surface area (Å²) in [6.07, 6.45) is 0. The number of thiophene rings is 1. The average molecular weight is 246 g/mol. The van der Waals surface area contributed by atoms with E-state index in [0.717, 1.165) is 10.5 Å². The summed E-state index contributed by atoms with van der Waals surface area (Å²) in [6, 6.07) is 12.2. The van der Waals surface area contributed by atoms with E-state index in [1.165, 1.54) is 20.2 Å². The van der Waals surface area contributed by atoms with Crippen LogP contribution in [-0.2, 0) is 6.61 Å². The summed E-state index contributed by atoms with van der Waals surface area (Å²) in [5, 5.41) is 11.7. The molecule has 0 aliphatic rings. The summed E-state index contributed by atoms with van der Waals surface area (Å²) in [7, 11) is 0. The minimum absolute atomic E-state index is 0.0891. The van der Waals surface area contributed by atoms with Crippen molar-refractivity contribution in [3.63, 3.8) is 0 Å². The molecule has 0 bridgehead atoms. The first kappa shape index (κ1) is 10.1. The predicted molar refractivity (Wildman–Crippen MR) is 72.5 cm³/mol. The molecule has 0 saturated carbocycles. The molecule has 0 radical (unpaired) electrons. The van der Waals surface area contributed by atoms with Gasteiger partial charge in [-0.05, 0) is 23.8 Å². The van der Waals surface area contributed by atoms with Crippen molar-refractivity contribution in [3.05, 3.63) is 42.0 Å². The van der Waals surface area contributed by atoms with Crippen LogP contribution in [0.4, 0.5) is 0 Å². The van der Waals surface area contributed by atoms with Crippen LogP contribution in [0.1, 0.15) is 5.56 Å². The van der Waals surface area contributed by atoms with Crippen LogP contribution in [0.3, 0.4) is 0 Å². The van der Waals surface area contributed by atoms with E-state index in [-0.39, 0.29) is 6.61 Å². The third-order valence-electron chi connectivity index (χ3n) is 2.74. The number of benzene rings is 2. The van der Waals surface area contributed by atoms with E-state index in [1.807, 2.05) is 18.2 Å². The van der Waals surface area contributed by atoms with Gasteiger partial charge in [0.1, 0.15) is 0 Å². The molecule has 1 N–H and O–H groups in total. The monoisotopic (exact) mass is 246 g/mol. The van der Waals surface area contributed by atoms with Crippen molar-refractivity contribution in [2.45, 2.75) is 11.5 Å². The van der Waals surface area contributed by atoms with Crippen molar-refractivity contribution >= 4 is 44.1 Å². The summed E-state index contributed by atoms with van der Waals surface area (Å²) < 4.78 is 2.45. The Kier molecular flexibility index (Phi) is 2.39. The van der Waals surface area contributed by atoms with Crippen molar-refractivity contribution in [1.82, 2.24) is 0 Å². The molecule has 1 aromatic heterocycles. The highest BCUT2D eigenvalue weighted by molar-refractivity contribution is 7.80. The number of aliphatic hydroxyl groups is 1. The van der Waals surface area contributed by atoms with E-state index < -0.39 is 0 Å². The maximum absolute atomic E-state index is 9.36. The molecule has 0 fully saturated rings. The van der Waals surface area contributed by atoms with Crippen LogP contribution in [0.15, 0.2) is 41.3 Å². The van der Waals surface area contributed by atoms with Gasteiger partial charge in [-0.1, -0.05) is 18.2 Å².